The number of carboxylic acids is 1. The van der Waals surface area contributed by atoms with Crippen molar-refractivity contribution in [3.63, 3.8) is 0 Å². The molecule has 0 aliphatic carbocycles. The number of hydrogen-bond acceptors (Lipinski definition) is 3. The van der Waals surface area contributed by atoms with Crippen molar-refractivity contribution >= 4 is 27.8 Å². The first kappa shape index (κ1) is 18.8. The van der Waals surface area contributed by atoms with Gasteiger partial charge in [0.15, 0.2) is 0 Å². The first-order valence-electron chi connectivity index (χ1n) is 8.34. The van der Waals surface area contributed by atoms with Crippen LogP contribution in [-0.4, -0.2) is 41.6 Å². The van der Waals surface area contributed by atoms with Crippen molar-refractivity contribution in [3.8, 4) is 5.75 Å². The van der Waals surface area contributed by atoms with Gasteiger partial charge < -0.3 is 14.7 Å². The van der Waals surface area contributed by atoms with Crippen LogP contribution in [0.1, 0.15) is 37.7 Å². The van der Waals surface area contributed by atoms with Crippen LogP contribution in [0.3, 0.4) is 0 Å². The summed E-state index contributed by atoms with van der Waals surface area (Å²) in [5, 5.41) is 8.78. The third-order valence-electron chi connectivity index (χ3n) is 4.30. The molecule has 5 nitrogen and oxygen atoms in total. The van der Waals surface area contributed by atoms with E-state index in [9.17, 15) is 9.59 Å². The molecule has 2 rings (SSSR count). The number of amides is 1. The lowest BCUT2D eigenvalue weighted by molar-refractivity contribution is -0.137. The summed E-state index contributed by atoms with van der Waals surface area (Å²) in [6.07, 6.45) is 3.11. The molecule has 6 heteroatoms. The predicted octanol–water partition coefficient (Wildman–Crippen LogP) is 3.63. The second-order valence-corrected chi connectivity index (χ2v) is 7.17. The van der Waals surface area contributed by atoms with Crippen molar-refractivity contribution < 1.29 is 19.4 Å². The lowest BCUT2D eigenvalue weighted by atomic mass is 9.93. The Hall–Kier alpha value is -1.56. The van der Waals surface area contributed by atoms with Crippen LogP contribution in [0.5, 0.6) is 5.75 Å². The molecule has 1 fully saturated rings. The first-order chi connectivity index (χ1) is 11.5. The molecule has 1 aromatic rings. The van der Waals surface area contributed by atoms with Crippen LogP contribution in [-0.2, 0) is 9.59 Å². The van der Waals surface area contributed by atoms with E-state index >= 15 is 0 Å². The van der Waals surface area contributed by atoms with Crippen LogP contribution in [0.2, 0.25) is 0 Å². The van der Waals surface area contributed by atoms with Gasteiger partial charge in [0.05, 0.1) is 17.5 Å². The molecule has 1 aliphatic heterocycles. The Labute approximate surface area is 151 Å². The minimum Gasteiger partial charge on any atom is -0.492 e. The molecule has 132 valence electrons. The Morgan fingerprint density at radius 3 is 2.88 bits per heavy atom. The van der Waals surface area contributed by atoms with Gasteiger partial charge in [-0.3, -0.25) is 9.59 Å². The molecule has 1 N–H and O–H groups in total. The van der Waals surface area contributed by atoms with Gasteiger partial charge in [-0.2, -0.15) is 0 Å². The number of carboxylic acid groups (broad SMARTS) is 1. The van der Waals surface area contributed by atoms with Gasteiger partial charge >= 0.3 is 5.97 Å². The van der Waals surface area contributed by atoms with Gasteiger partial charge in [-0.15, -0.1) is 0 Å². The highest BCUT2D eigenvalue weighted by molar-refractivity contribution is 9.10. The summed E-state index contributed by atoms with van der Waals surface area (Å²) in [4.78, 5) is 24.9. The Morgan fingerprint density at radius 2 is 2.17 bits per heavy atom. The van der Waals surface area contributed by atoms with Crippen LogP contribution < -0.4 is 4.74 Å². The summed E-state index contributed by atoms with van der Waals surface area (Å²) in [7, 11) is 0. The van der Waals surface area contributed by atoms with Crippen LogP contribution in [0.25, 0.3) is 0 Å². The highest BCUT2D eigenvalue weighted by Crippen LogP contribution is 2.26. The average molecular weight is 398 g/mol. The fraction of sp³-hybridized carbons (Fsp3) is 0.556. The van der Waals surface area contributed by atoms with E-state index < -0.39 is 5.97 Å². The minimum absolute atomic E-state index is 0.0817. The molecule has 1 aromatic carbocycles. The Kier molecular flexibility index (Phi) is 7.09. The molecular weight excluding hydrogens is 374 g/mol. The number of carbonyl (C=O) groups excluding carboxylic acids is 1. The largest absolute Gasteiger partial charge is 0.492 e. The molecule has 1 atom stereocenters. The maximum Gasteiger partial charge on any atom is 0.303 e. The molecule has 1 amide bonds. The second-order valence-electron chi connectivity index (χ2n) is 6.31. The summed E-state index contributed by atoms with van der Waals surface area (Å²) < 4.78 is 6.58. The third kappa shape index (κ3) is 5.82. The van der Waals surface area contributed by atoms with Gasteiger partial charge in [-0.05, 0) is 65.7 Å². The number of hydrogen-bond donors (Lipinski definition) is 1. The van der Waals surface area contributed by atoms with E-state index in [0.717, 1.165) is 35.2 Å². The number of ether oxygens (including phenoxy) is 1. The van der Waals surface area contributed by atoms with Crippen molar-refractivity contribution in [2.75, 3.05) is 19.7 Å². The van der Waals surface area contributed by atoms with Crippen LogP contribution in [0.4, 0.5) is 0 Å². The fourth-order valence-corrected chi connectivity index (χ4v) is 3.59. The van der Waals surface area contributed by atoms with Gasteiger partial charge in [0.25, 0.3) is 0 Å². The molecular formula is C18H24BrNO4. The van der Waals surface area contributed by atoms with Crippen molar-refractivity contribution in [2.45, 2.75) is 39.0 Å². The molecule has 0 aromatic heterocycles. The summed E-state index contributed by atoms with van der Waals surface area (Å²) in [5.41, 5.74) is 1.14. The Morgan fingerprint density at radius 1 is 1.38 bits per heavy atom. The highest BCUT2D eigenvalue weighted by atomic mass is 79.9. The van der Waals surface area contributed by atoms with E-state index in [-0.39, 0.29) is 12.3 Å². The van der Waals surface area contributed by atoms with Crippen LogP contribution in [0.15, 0.2) is 22.7 Å². The van der Waals surface area contributed by atoms with Crippen molar-refractivity contribution in [3.05, 3.63) is 28.2 Å². The topological polar surface area (TPSA) is 66.8 Å². The number of nitrogens with zero attached hydrogens (tertiary/aromatic N) is 1. The highest BCUT2D eigenvalue weighted by Gasteiger charge is 2.23. The molecule has 0 spiro atoms. The normalized spacial score (nSPS) is 17.6. The molecule has 1 heterocycles. The van der Waals surface area contributed by atoms with E-state index in [1.165, 1.54) is 0 Å². The first-order valence-corrected chi connectivity index (χ1v) is 9.13. The molecule has 1 saturated heterocycles. The van der Waals surface area contributed by atoms with E-state index in [4.69, 9.17) is 9.84 Å². The van der Waals surface area contributed by atoms with Crippen LogP contribution in [0, 0.1) is 12.8 Å². The number of carbonyl (C=O) groups is 2. The maximum atomic E-state index is 12.3. The SMILES string of the molecule is Cc1ccc(OCCC(=O)N2CCCC(CCC(=O)O)C2)c(Br)c1. The van der Waals surface area contributed by atoms with Gasteiger partial charge in [0.2, 0.25) is 5.91 Å². The lowest BCUT2D eigenvalue weighted by Gasteiger charge is -2.32. The van der Waals surface area contributed by atoms with Crippen LogP contribution >= 0.6 is 15.9 Å². The number of piperidine rings is 1. The maximum absolute atomic E-state index is 12.3. The summed E-state index contributed by atoms with van der Waals surface area (Å²) in [6.45, 7) is 3.78. The average Bonchev–Trinajstić information content (AvgIpc) is 2.55. The summed E-state index contributed by atoms with van der Waals surface area (Å²) in [6, 6.07) is 5.85. The van der Waals surface area contributed by atoms with E-state index in [2.05, 4.69) is 15.9 Å². The number of likely N-dealkylation sites (tertiary alicyclic amines) is 1. The van der Waals surface area contributed by atoms with Crippen molar-refractivity contribution in [1.82, 2.24) is 4.90 Å². The van der Waals surface area contributed by atoms with Gasteiger partial charge in [0.1, 0.15) is 5.75 Å². The summed E-state index contributed by atoms with van der Waals surface area (Å²) >= 11 is 3.46. The van der Waals surface area contributed by atoms with Gasteiger partial charge in [-0.25, -0.2) is 0 Å². The Bertz CT molecular complexity index is 590. The zero-order valence-electron chi connectivity index (χ0n) is 14.0. The smallest absolute Gasteiger partial charge is 0.303 e. The predicted molar refractivity (Wildman–Crippen MR) is 95.2 cm³/mol. The number of aryl methyl sites for hydroxylation is 1. The lowest BCUT2D eigenvalue weighted by Crippen LogP contribution is -2.40. The zero-order valence-corrected chi connectivity index (χ0v) is 15.5. The molecule has 1 unspecified atom stereocenters. The zero-order chi connectivity index (χ0) is 17.5. The third-order valence-corrected chi connectivity index (χ3v) is 4.92. The molecule has 0 saturated carbocycles. The van der Waals surface area contributed by atoms with E-state index in [1.54, 1.807) is 0 Å². The van der Waals surface area contributed by atoms with Crippen molar-refractivity contribution in [1.29, 1.82) is 0 Å². The monoisotopic (exact) mass is 397 g/mol. The summed E-state index contributed by atoms with van der Waals surface area (Å²) in [5.74, 6) is 0.353. The standard InChI is InChI=1S/C18H24BrNO4/c1-13-4-6-16(15(19)11-13)24-10-8-17(21)20-9-2-3-14(12-20)5-7-18(22)23/h4,6,11,14H,2-3,5,7-10,12H2,1H3,(H,22,23). The number of rotatable bonds is 7. The van der Waals surface area contributed by atoms with E-state index in [0.29, 0.717) is 31.9 Å². The molecule has 24 heavy (non-hydrogen) atoms. The number of aliphatic carboxylic acids is 1. The molecule has 1 aliphatic rings. The number of benzene rings is 1. The second kappa shape index (κ2) is 9.06. The fourth-order valence-electron chi connectivity index (χ4n) is 2.98. The quantitative estimate of drug-likeness (QED) is 0.762. The molecule has 0 radical (unpaired) electrons. The molecule has 0 bridgehead atoms. The minimum atomic E-state index is -0.768. The number of halogens is 1. The van der Waals surface area contributed by atoms with E-state index in [1.807, 2.05) is 30.0 Å². The van der Waals surface area contributed by atoms with Gasteiger partial charge in [-0.1, -0.05) is 6.07 Å². The van der Waals surface area contributed by atoms with Gasteiger partial charge in [0, 0.05) is 19.5 Å². The Balaban J connectivity index is 1.76. The van der Waals surface area contributed by atoms with Crippen molar-refractivity contribution in [2.24, 2.45) is 5.92 Å².